The van der Waals surface area contributed by atoms with Crippen LogP contribution in [0, 0.1) is 3.57 Å². The van der Waals surface area contributed by atoms with E-state index < -0.39 is 11.9 Å². The Labute approximate surface area is 158 Å². The number of aliphatic carboxylic acids is 2. The van der Waals surface area contributed by atoms with Crippen molar-refractivity contribution in [2.75, 3.05) is 0 Å². The van der Waals surface area contributed by atoms with Gasteiger partial charge in [0.05, 0.1) is 3.57 Å². The summed E-state index contributed by atoms with van der Waals surface area (Å²) in [6, 6.07) is 11.7. The normalized spacial score (nSPS) is 9.80. The highest BCUT2D eigenvalue weighted by Gasteiger charge is 2.02. The van der Waals surface area contributed by atoms with Crippen LogP contribution in [0.1, 0.15) is 24.0 Å². The summed E-state index contributed by atoms with van der Waals surface area (Å²) < 4.78 is 0.750. The molecule has 2 aromatic carbocycles. The van der Waals surface area contributed by atoms with E-state index in [9.17, 15) is 14.7 Å². The first-order valence-corrected chi connectivity index (χ1v) is 8.54. The van der Waals surface area contributed by atoms with Gasteiger partial charge >= 0.3 is 11.9 Å². The van der Waals surface area contributed by atoms with Gasteiger partial charge in [-0.1, -0.05) is 18.2 Å². The molecule has 0 fully saturated rings. The van der Waals surface area contributed by atoms with Gasteiger partial charge in [-0.2, -0.15) is 0 Å². The van der Waals surface area contributed by atoms with Crippen LogP contribution < -0.4 is 0 Å². The largest absolute Gasteiger partial charge is 0.508 e. The van der Waals surface area contributed by atoms with E-state index in [4.69, 9.17) is 15.3 Å². The minimum absolute atomic E-state index is 0.126. The summed E-state index contributed by atoms with van der Waals surface area (Å²) in [6.45, 7) is 0. The minimum Gasteiger partial charge on any atom is -0.508 e. The predicted molar refractivity (Wildman–Crippen MR) is 101 cm³/mol. The lowest BCUT2D eigenvalue weighted by atomic mass is 10.1. The van der Waals surface area contributed by atoms with Crippen LogP contribution in [0.25, 0.3) is 0 Å². The van der Waals surface area contributed by atoms with Crippen molar-refractivity contribution >= 4 is 34.5 Å². The number of carbonyl (C=O) groups is 2. The maximum atomic E-state index is 10.3. The van der Waals surface area contributed by atoms with Crippen LogP contribution in [0.15, 0.2) is 42.5 Å². The Morgan fingerprint density at radius 2 is 1.28 bits per heavy atom. The molecule has 6 nitrogen and oxygen atoms in total. The Kier molecular flexibility index (Phi) is 8.76. The van der Waals surface area contributed by atoms with Crippen molar-refractivity contribution in [3.05, 3.63) is 57.2 Å². The third-order valence-electron chi connectivity index (χ3n) is 3.20. The van der Waals surface area contributed by atoms with Gasteiger partial charge in [0.2, 0.25) is 0 Å². The minimum atomic E-state index is -0.803. The SMILES string of the molecule is O=C(O)CCc1ccc(O)c(I)c1.O=C(O)CCc1ccc(O)cc1. The lowest BCUT2D eigenvalue weighted by Gasteiger charge is -2.01. The van der Waals surface area contributed by atoms with Crippen molar-refractivity contribution in [3.8, 4) is 11.5 Å². The fraction of sp³-hybridized carbons (Fsp3) is 0.222. The molecule has 0 bridgehead atoms. The Morgan fingerprint density at radius 1 is 0.800 bits per heavy atom. The zero-order valence-corrected chi connectivity index (χ0v) is 15.5. The lowest BCUT2D eigenvalue weighted by molar-refractivity contribution is -0.138. The number of aryl methyl sites for hydroxylation is 2. The van der Waals surface area contributed by atoms with Crippen LogP contribution in [-0.4, -0.2) is 32.4 Å². The smallest absolute Gasteiger partial charge is 0.303 e. The number of halogens is 1. The van der Waals surface area contributed by atoms with E-state index in [1.54, 1.807) is 42.5 Å². The summed E-state index contributed by atoms with van der Waals surface area (Å²) >= 11 is 2.01. The highest BCUT2D eigenvalue weighted by Crippen LogP contribution is 2.20. The molecule has 0 spiro atoms. The molecule has 0 atom stereocenters. The first kappa shape index (κ1) is 20.8. The summed E-state index contributed by atoms with van der Waals surface area (Å²) in [5, 5.41) is 34.9. The highest BCUT2D eigenvalue weighted by atomic mass is 127. The van der Waals surface area contributed by atoms with Crippen LogP contribution in [0.3, 0.4) is 0 Å². The number of phenolic OH excluding ortho intramolecular Hbond substituents is 2. The summed E-state index contributed by atoms with van der Waals surface area (Å²) in [5.74, 6) is -1.17. The molecule has 0 aliphatic rings. The van der Waals surface area contributed by atoms with Crippen LogP contribution in [0.4, 0.5) is 0 Å². The number of phenols is 2. The molecule has 0 saturated heterocycles. The molecule has 2 aromatic rings. The molecule has 0 radical (unpaired) electrons. The van der Waals surface area contributed by atoms with E-state index >= 15 is 0 Å². The summed E-state index contributed by atoms with van der Waals surface area (Å²) in [4.78, 5) is 20.5. The summed E-state index contributed by atoms with van der Waals surface area (Å²) in [7, 11) is 0. The number of hydrogen-bond acceptors (Lipinski definition) is 4. The Hall–Kier alpha value is -2.29. The van der Waals surface area contributed by atoms with Gasteiger partial charge in [0, 0.05) is 12.8 Å². The van der Waals surface area contributed by atoms with Gasteiger partial charge in [-0.05, 0) is 70.8 Å². The van der Waals surface area contributed by atoms with Crippen molar-refractivity contribution < 1.29 is 30.0 Å². The molecular formula is C18H19IO6. The van der Waals surface area contributed by atoms with Gasteiger partial charge < -0.3 is 20.4 Å². The first-order chi connectivity index (χ1) is 11.8. The molecule has 0 aliphatic carbocycles. The molecule has 7 heteroatoms. The summed E-state index contributed by atoms with van der Waals surface area (Å²) in [6.07, 6.45) is 1.27. The van der Waals surface area contributed by atoms with Gasteiger partial charge in [0.25, 0.3) is 0 Å². The van der Waals surface area contributed by atoms with E-state index in [0.29, 0.717) is 12.8 Å². The second-order valence-electron chi connectivity index (χ2n) is 5.24. The standard InChI is InChI=1S/C9H9IO3.C9H10O3/c10-7-5-6(1-3-8(7)11)2-4-9(12)13;10-8-4-1-7(2-5-8)3-6-9(11)12/h1,3,5,11H,2,4H2,(H,12,13);1-2,4-5,10H,3,6H2,(H,11,12). The van der Waals surface area contributed by atoms with Crippen molar-refractivity contribution in [2.24, 2.45) is 0 Å². The number of carboxylic acids is 2. The Morgan fingerprint density at radius 3 is 1.76 bits per heavy atom. The fourth-order valence-corrected chi connectivity index (χ4v) is 2.45. The maximum absolute atomic E-state index is 10.3. The molecule has 2 rings (SSSR count). The maximum Gasteiger partial charge on any atom is 0.303 e. The lowest BCUT2D eigenvalue weighted by Crippen LogP contribution is -1.97. The van der Waals surface area contributed by atoms with Crippen LogP contribution in [0.2, 0.25) is 0 Å². The van der Waals surface area contributed by atoms with Gasteiger partial charge in [-0.25, -0.2) is 0 Å². The molecule has 134 valence electrons. The molecule has 0 amide bonds. The molecule has 0 aliphatic heterocycles. The zero-order valence-electron chi connectivity index (χ0n) is 13.4. The number of hydrogen-bond donors (Lipinski definition) is 4. The van der Waals surface area contributed by atoms with Gasteiger partial charge in [0.1, 0.15) is 11.5 Å². The second kappa shape index (κ2) is 10.5. The van der Waals surface area contributed by atoms with E-state index in [1.165, 1.54) is 0 Å². The van der Waals surface area contributed by atoms with Crippen molar-refractivity contribution in [3.63, 3.8) is 0 Å². The summed E-state index contributed by atoms with van der Waals surface area (Å²) in [5.41, 5.74) is 1.86. The average Bonchev–Trinajstić information content (AvgIpc) is 2.56. The quantitative estimate of drug-likeness (QED) is 0.494. The van der Waals surface area contributed by atoms with Gasteiger partial charge in [-0.15, -0.1) is 0 Å². The van der Waals surface area contributed by atoms with Gasteiger partial charge in [0.15, 0.2) is 0 Å². The first-order valence-electron chi connectivity index (χ1n) is 7.47. The number of benzene rings is 2. The van der Waals surface area contributed by atoms with E-state index in [-0.39, 0.29) is 24.3 Å². The van der Waals surface area contributed by atoms with Crippen molar-refractivity contribution in [2.45, 2.75) is 25.7 Å². The topological polar surface area (TPSA) is 115 Å². The third-order valence-corrected chi connectivity index (χ3v) is 4.07. The average molecular weight is 458 g/mol. The van der Waals surface area contributed by atoms with E-state index in [1.807, 2.05) is 22.6 Å². The Bertz CT molecular complexity index is 712. The molecule has 4 N–H and O–H groups in total. The Balaban J connectivity index is 0.000000251. The van der Waals surface area contributed by atoms with E-state index in [0.717, 1.165) is 14.7 Å². The molecule has 0 unspecified atom stereocenters. The highest BCUT2D eigenvalue weighted by molar-refractivity contribution is 14.1. The van der Waals surface area contributed by atoms with Crippen LogP contribution >= 0.6 is 22.6 Å². The molecule has 0 aromatic heterocycles. The predicted octanol–water partition coefficient (Wildman–Crippen LogP) is 3.42. The second-order valence-corrected chi connectivity index (χ2v) is 6.40. The fourth-order valence-electron chi connectivity index (χ4n) is 1.87. The molecule has 0 heterocycles. The molecular weight excluding hydrogens is 439 g/mol. The van der Waals surface area contributed by atoms with Crippen molar-refractivity contribution in [1.82, 2.24) is 0 Å². The third kappa shape index (κ3) is 8.94. The van der Waals surface area contributed by atoms with Crippen LogP contribution in [0.5, 0.6) is 11.5 Å². The monoisotopic (exact) mass is 458 g/mol. The number of rotatable bonds is 6. The number of carboxylic acid groups (broad SMARTS) is 2. The van der Waals surface area contributed by atoms with Crippen molar-refractivity contribution in [1.29, 1.82) is 0 Å². The zero-order chi connectivity index (χ0) is 18.8. The molecule has 0 saturated carbocycles. The van der Waals surface area contributed by atoms with Crippen LogP contribution in [-0.2, 0) is 22.4 Å². The van der Waals surface area contributed by atoms with E-state index in [2.05, 4.69) is 0 Å². The van der Waals surface area contributed by atoms with Gasteiger partial charge in [-0.3, -0.25) is 9.59 Å². The number of aromatic hydroxyl groups is 2. The molecule has 25 heavy (non-hydrogen) atoms.